The second kappa shape index (κ2) is 4.48. The Morgan fingerprint density at radius 3 is 3.00 bits per heavy atom. The molecule has 1 aromatic carbocycles. The Kier molecular flexibility index (Phi) is 2.78. The summed E-state index contributed by atoms with van der Waals surface area (Å²) in [7, 11) is 0. The number of aromatic amines is 1. The summed E-state index contributed by atoms with van der Waals surface area (Å²) < 4.78 is 1.40. The normalized spacial score (nSPS) is 11.2. The fourth-order valence-corrected chi connectivity index (χ4v) is 2.29. The summed E-state index contributed by atoms with van der Waals surface area (Å²) in [5.41, 5.74) is 8.01. The number of nitrogens with zero attached hydrogens (tertiary/aromatic N) is 2. The predicted molar refractivity (Wildman–Crippen MR) is 76.4 cm³/mol. The van der Waals surface area contributed by atoms with Crippen molar-refractivity contribution in [1.29, 1.82) is 0 Å². The van der Waals surface area contributed by atoms with Gasteiger partial charge in [-0.1, -0.05) is 11.6 Å². The molecule has 0 radical (unpaired) electrons. The highest BCUT2D eigenvalue weighted by molar-refractivity contribution is 6.04. The molecule has 0 aliphatic carbocycles. The Balaban J connectivity index is 2.20. The molecule has 0 fully saturated rings. The molecule has 6 heteroatoms. The molecule has 0 unspecified atom stereocenters. The van der Waals surface area contributed by atoms with Crippen molar-refractivity contribution >= 4 is 27.8 Å². The smallest absolute Gasteiger partial charge is 0.277 e. The van der Waals surface area contributed by atoms with E-state index in [1.54, 1.807) is 0 Å². The molecule has 0 aliphatic rings. The van der Waals surface area contributed by atoms with E-state index in [2.05, 4.69) is 9.97 Å². The highest BCUT2D eigenvalue weighted by Crippen LogP contribution is 2.22. The summed E-state index contributed by atoms with van der Waals surface area (Å²) in [4.78, 5) is 30.6. The maximum Gasteiger partial charge on any atom is 0.277 e. The summed E-state index contributed by atoms with van der Waals surface area (Å²) in [5, 5.41) is 0.930. The van der Waals surface area contributed by atoms with Crippen LogP contribution < -0.4 is 11.3 Å². The van der Waals surface area contributed by atoms with Gasteiger partial charge in [0, 0.05) is 23.9 Å². The number of nitrogens with one attached hydrogen (secondary N) is 1. The van der Waals surface area contributed by atoms with Gasteiger partial charge in [-0.25, -0.2) is 4.98 Å². The standard InChI is InChI=1S/C14H14N4O2/c1-8-2-3-10-9(6-8)12-13(17-10)14(20)18(7-16-12)5-4-11(15)19/h2-3,6-7,17H,4-5H2,1H3,(H2,15,19). The SMILES string of the molecule is Cc1ccc2[nH]c3c(=O)n(CCC(N)=O)cnc3c2c1. The number of hydrogen-bond acceptors (Lipinski definition) is 3. The van der Waals surface area contributed by atoms with Crippen molar-refractivity contribution in [3.63, 3.8) is 0 Å². The molecule has 0 spiro atoms. The molecule has 2 aromatic heterocycles. The largest absolute Gasteiger partial charge is 0.370 e. The first kappa shape index (κ1) is 12.4. The second-order valence-electron chi connectivity index (χ2n) is 4.86. The average Bonchev–Trinajstić information content (AvgIpc) is 2.77. The third-order valence-corrected chi connectivity index (χ3v) is 3.33. The van der Waals surface area contributed by atoms with Crippen LogP contribution in [0.2, 0.25) is 0 Å². The van der Waals surface area contributed by atoms with E-state index in [1.807, 2.05) is 25.1 Å². The minimum Gasteiger partial charge on any atom is -0.370 e. The van der Waals surface area contributed by atoms with Gasteiger partial charge >= 0.3 is 0 Å². The van der Waals surface area contributed by atoms with Crippen molar-refractivity contribution in [1.82, 2.24) is 14.5 Å². The monoisotopic (exact) mass is 270 g/mol. The molecular weight excluding hydrogens is 256 g/mol. The number of rotatable bonds is 3. The molecular formula is C14H14N4O2. The average molecular weight is 270 g/mol. The van der Waals surface area contributed by atoms with E-state index in [1.165, 1.54) is 10.9 Å². The number of H-pyrrole nitrogens is 1. The van der Waals surface area contributed by atoms with Gasteiger partial charge in [0.25, 0.3) is 5.56 Å². The molecule has 2 heterocycles. The van der Waals surface area contributed by atoms with Crippen LogP contribution in [0.1, 0.15) is 12.0 Å². The van der Waals surface area contributed by atoms with Crippen molar-refractivity contribution in [2.24, 2.45) is 5.73 Å². The molecule has 0 saturated carbocycles. The molecule has 3 N–H and O–H groups in total. The maximum absolute atomic E-state index is 12.3. The number of hydrogen-bond donors (Lipinski definition) is 2. The number of amides is 1. The van der Waals surface area contributed by atoms with Crippen molar-refractivity contribution in [2.75, 3.05) is 0 Å². The number of benzene rings is 1. The highest BCUT2D eigenvalue weighted by atomic mass is 16.1. The zero-order valence-electron chi connectivity index (χ0n) is 11.0. The Labute approximate surface area is 114 Å². The van der Waals surface area contributed by atoms with Crippen LogP contribution in [0.4, 0.5) is 0 Å². The zero-order chi connectivity index (χ0) is 14.3. The molecule has 3 rings (SSSR count). The minimum absolute atomic E-state index is 0.117. The quantitative estimate of drug-likeness (QED) is 0.745. The van der Waals surface area contributed by atoms with Crippen LogP contribution in [0.3, 0.4) is 0 Å². The molecule has 0 saturated heterocycles. The Hall–Kier alpha value is -2.63. The number of aryl methyl sites for hydroxylation is 2. The lowest BCUT2D eigenvalue weighted by atomic mass is 10.2. The van der Waals surface area contributed by atoms with Crippen molar-refractivity contribution in [3.05, 3.63) is 40.4 Å². The first-order valence-corrected chi connectivity index (χ1v) is 6.32. The van der Waals surface area contributed by atoms with E-state index < -0.39 is 5.91 Å². The highest BCUT2D eigenvalue weighted by Gasteiger charge is 2.11. The summed E-state index contributed by atoms with van der Waals surface area (Å²) in [6.07, 6.45) is 1.58. The first-order valence-electron chi connectivity index (χ1n) is 6.32. The molecule has 6 nitrogen and oxygen atoms in total. The van der Waals surface area contributed by atoms with E-state index in [-0.39, 0.29) is 18.5 Å². The number of aromatic nitrogens is 3. The van der Waals surface area contributed by atoms with E-state index in [4.69, 9.17) is 5.73 Å². The molecule has 102 valence electrons. The van der Waals surface area contributed by atoms with Crippen LogP contribution in [-0.4, -0.2) is 20.4 Å². The molecule has 0 aliphatic heterocycles. The van der Waals surface area contributed by atoms with E-state index >= 15 is 0 Å². The third-order valence-electron chi connectivity index (χ3n) is 3.33. The van der Waals surface area contributed by atoms with E-state index in [9.17, 15) is 9.59 Å². The first-order chi connectivity index (χ1) is 9.56. The molecule has 3 aromatic rings. The van der Waals surface area contributed by atoms with Crippen molar-refractivity contribution < 1.29 is 4.79 Å². The Morgan fingerprint density at radius 2 is 2.25 bits per heavy atom. The topological polar surface area (TPSA) is 93.8 Å². The van der Waals surface area contributed by atoms with Gasteiger partial charge in [-0.05, 0) is 19.1 Å². The number of carbonyl (C=O) groups excluding carboxylic acids is 1. The predicted octanol–water partition coefficient (Wildman–Crippen LogP) is 1.06. The van der Waals surface area contributed by atoms with Gasteiger partial charge < -0.3 is 10.7 Å². The van der Waals surface area contributed by atoms with Gasteiger partial charge in [-0.15, -0.1) is 0 Å². The van der Waals surface area contributed by atoms with Gasteiger partial charge in [0.2, 0.25) is 5.91 Å². The second-order valence-corrected chi connectivity index (χ2v) is 4.86. The lowest BCUT2D eigenvalue weighted by Gasteiger charge is -2.02. The van der Waals surface area contributed by atoms with Crippen molar-refractivity contribution in [3.8, 4) is 0 Å². The van der Waals surface area contributed by atoms with Crippen LogP contribution in [0.25, 0.3) is 21.9 Å². The third kappa shape index (κ3) is 1.95. The van der Waals surface area contributed by atoms with Crippen LogP contribution in [0, 0.1) is 6.92 Å². The molecule has 1 amide bonds. The van der Waals surface area contributed by atoms with E-state index in [0.717, 1.165) is 16.5 Å². The fourth-order valence-electron chi connectivity index (χ4n) is 2.29. The van der Waals surface area contributed by atoms with E-state index in [0.29, 0.717) is 11.0 Å². The lowest BCUT2D eigenvalue weighted by molar-refractivity contribution is -0.118. The van der Waals surface area contributed by atoms with Crippen LogP contribution in [0.15, 0.2) is 29.3 Å². The molecule has 20 heavy (non-hydrogen) atoms. The minimum atomic E-state index is -0.440. The van der Waals surface area contributed by atoms with Crippen LogP contribution in [-0.2, 0) is 11.3 Å². The van der Waals surface area contributed by atoms with Gasteiger partial charge in [0.05, 0.1) is 6.33 Å². The Morgan fingerprint density at radius 1 is 1.45 bits per heavy atom. The van der Waals surface area contributed by atoms with Crippen molar-refractivity contribution in [2.45, 2.75) is 19.9 Å². The Bertz CT molecular complexity index is 876. The zero-order valence-corrected chi connectivity index (χ0v) is 11.0. The summed E-state index contributed by atoms with van der Waals surface area (Å²) in [5.74, 6) is -0.440. The summed E-state index contributed by atoms with van der Waals surface area (Å²) in [6.45, 7) is 2.23. The van der Waals surface area contributed by atoms with Gasteiger partial charge in [0.15, 0.2) is 0 Å². The van der Waals surface area contributed by atoms with Crippen LogP contribution in [0.5, 0.6) is 0 Å². The molecule has 0 bridgehead atoms. The summed E-state index contributed by atoms with van der Waals surface area (Å²) >= 11 is 0. The van der Waals surface area contributed by atoms with Gasteiger partial charge in [-0.2, -0.15) is 0 Å². The molecule has 0 atom stereocenters. The van der Waals surface area contributed by atoms with Gasteiger partial charge in [-0.3, -0.25) is 14.2 Å². The maximum atomic E-state index is 12.3. The lowest BCUT2D eigenvalue weighted by Crippen LogP contribution is -2.23. The fraction of sp³-hybridized carbons (Fsp3) is 0.214. The number of fused-ring (bicyclic) bond motifs is 3. The number of carbonyl (C=O) groups is 1. The summed E-state index contributed by atoms with van der Waals surface area (Å²) in [6, 6.07) is 5.90. The van der Waals surface area contributed by atoms with Crippen LogP contribution >= 0.6 is 0 Å². The van der Waals surface area contributed by atoms with Gasteiger partial charge in [0.1, 0.15) is 11.0 Å². The number of primary amides is 1. The number of nitrogens with two attached hydrogens (primary N) is 1.